The topological polar surface area (TPSA) is 84.7 Å². The van der Waals surface area contributed by atoms with Crippen molar-refractivity contribution < 1.29 is 19.4 Å². The number of hydrogen-bond acceptors (Lipinski definition) is 4. The Bertz CT molecular complexity index is 518. The first-order valence-corrected chi connectivity index (χ1v) is 6.59. The molecule has 1 fully saturated rings. The van der Waals surface area contributed by atoms with E-state index in [1.54, 1.807) is 23.4 Å². The van der Waals surface area contributed by atoms with Crippen LogP contribution in [-0.4, -0.2) is 58.0 Å². The van der Waals surface area contributed by atoms with Crippen molar-refractivity contribution in [3.05, 3.63) is 17.0 Å². The molecule has 0 aliphatic carbocycles. The van der Waals surface area contributed by atoms with Gasteiger partial charge >= 0.3 is 5.97 Å². The van der Waals surface area contributed by atoms with E-state index in [9.17, 15) is 9.59 Å². The third kappa shape index (κ3) is 3.16. The van der Waals surface area contributed by atoms with Crippen LogP contribution < -0.4 is 0 Å². The molecule has 7 nitrogen and oxygen atoms in total. The first-order valence-electron chi connectivity index (χ1n) is 6.59. The Kier molecular flexibility index (Phi) is 4.39. The number of carboxylic acids is 1. The summed E-state index contributed by atoms with van der Waals surface area (Å²) < 4.78 is 6.80. The fourth-order valence-corrected chi connectivity index (χ4v) is 2.34. The van der Waals surface area contributed by atoms with Crippen molar-refractivity contribution in [1.82, 2.24) is 14.7 Å². The summed E-state index contributed by atoms with van der Waals surface area (Å²) >= 11 is 0. The van der Waals surface area contributed by atoms with Gasteiger partial charge in [0.2, 0.25) is 5.91 Å². The molecule has 20 heavy (non-hydrogen) atoms. The van der Waals surface area contributed by atoms with Crippen LogP contribution in [0.5, 0.6) is 0 Å². The summed E-state index contributed by atoms with van der Waals surface area (Å²) in [7, 11) is 0. The van der Waals surface area contributed by atoms with Crippen LogP contribution in [0.4, 0.5) is 0 Å². The Morgan fingerprint density at radius 3 is 2.55 bits per heavy atom. The average Bonchev–Trinajstić information content (AvgIpc) is 2.67. The number of aliphatic carboxylic acids is 1. The van der Waals surface area contributed by atoms with E-state index in [0.29, 0.717) is 37.6 Å². The van der Waals surface area contributed by atoms with Gasteiger partial charge in [-0.25, -0.2) is 0 Å². The molecule has 1 N–H and O–H groups in total. The molecule has 0 aromatic carbocycles. The van der Waals surface area contributed by atoms with Crippen molar-refractivity contribution in [3.63, 3.8) is 0 Å². The number of carboxylic acid groups (broad SMARTS) is 1. The van der Waals surface area contributed by atoms with Gasteiger partial charge in [0.15, 0.2) is 0 Å². The molecule has 0 radical (unpaired) electrons. The van der Waals surface area contributed by atoms with Gasteiger partial charge < -0.3 is 14.7 Å². The normalized spacial score (nSPS) is 15.4. The molecule has 2 heterocycles. The molecule has 0 bridgehead atoms. The zero-order valence-electron chi connectivity index (χ0n) is 11.8. The lowest BCUT2D eigenvalue weighted by molar-refractivity contribution is -0.136. The smallest absolute Gasteiger partial charge is 0.307 e. The summed E-state index contributed by atoms with van der Waals surface area (Å²) in [5.41, 5.74) is 2.10. The van der Waals surface area contributed by atoms with Crippen LogP contribution in [0, 0.1) is 13.8 Å². The van der Waals surface area contributed by atoms with Crippen LogP contribution in [-0.2, 0) is 27.3 Å². The van der Waals surface area contributed by atoms with E-state index in [1.165, 1.54) is 0 Å². The van der Waals surface area contributed by atoms with E-state index >= 15 is 0 Å². The number of ether oxygens (including phenoxy) is 1. The molecule has 1 aromatic heterocycles. The monoisotopic (exact) mass is 281 g/mol. The molecule has 1 aliphatic rings. The highest BCUT2D eigenvalue weighted by Crippen LogP contribution is 2.14. The number of amides is 1. The number of hydrogen-bond donors (Lipinski definition) is 1. The second kappa shape index (κ2) is 6.04. The summed E-state index contributed by atoms with van der Waals surface area (Å²) in [6.45, 7) is 6.03. The van der Waals surface area contributed by atoms with Gasteiger partial charge in [-0.1, -0.05) is 0 Å². The first kappa shape index (κ1) is 14.5. The molecule has 0 spiro atoms. The Labute approximate surface area is 117 Å². The Morgan fingerprint density at radius 1 is 1.30 bits per heavy atom. The Hall–Kier alpha value is -1.89. The number of carbonyl (C=O) groups excluding carboxylic acids is 1. The molecular weight excluding hydrogens is 262 g/mol. The van der Waals surface area contributed by atoms with Crippen LogP contribution in [0.15, 0.2) is 0 Å². The Morgan fingerprint density at radius 2 is 1.95 bits per heavy atom. The quantitative estimate of drug-likeness (QED) is 0.839. The number of nitrogens with zero attached hydrogens (tertiary/aromatic N) is 3. The lowest BCUT2D eigenvalue weighted by atomic mass is 10.1. The van der Waals surface area contributed by atoms with E-state index in [-0.39, 0.29) is 18.9 Å². The summed E-state index contributed by atoms with van der Waals surface area (Å²) in [6, 6.07) is 0. The molecule has 110 valence electrons. The zero-order valence-corrected chi connectivity index (χ0v) is 11.8. The number of morpholine rings is 1. The minimum absolute atomic E-state index is 0.0132. The van der Waals surface area contributed by atoms with Crippen LogP contribution in [0.2, 0.25) is 0 Å². The number of rotatable bonds is 4. The van der Waals surface area contributed by atoms with Crippen LogP contribution >= 0.6 is 0 Å². The van der Waals surface area contributed by atoms with Crippen molar-refractivity contribution in [3.8, 4) is 0 Å². The molecule has 1 aliphatic heterocycles. The van der Waals surface area contributed by atoms with Gasteiger partial charge in [0, 0.05) is 24.3 Å². The molecule has 2 rings (SSSR count). The molecule has 0 saturated carbocycles. The molecule has 1 saturated heterocycles. The summed E-state index contributed by atoms with van der Waals surface area (Å²) in [5, 5.41) is 13.2. The van der Waals surface area contributed by atoms with E-state index in [1.807, 2.05) is 0 Å². The second-order valence-corrected chi connectivity index (χ2v) is 4.87. The highest BCUT2D eigenvalue weighted by Gasteiger charge is 2.20. The van der Waals surface area contributed by atoms with Gasteiger partial charge in [-0.05, 0) is 13.8 Å². The van der Waals surface area contributed by atoms with Crippen LogP contribution in [0.25, 0.3) is 0 Å². The maximum absolute atomic E-state index is 12.2. The van der Waals surface area contributed by atoms with Gasteiger partial charge in [-0.3, -0.25) is 14.3 Å². The van der Waals surface area contributed by atoms with E-state index < -0.39 is 5.97 Å². The minimum Gasteiger partial charge on any atom is -0.481 e. The predicted molar refractivity (Wildman–Crippen MR) is 70.4 cm³/mol. The highest BCUT2D eigenvalue weighted by atomic mass is 16.5. The third-order valence-corrected chi connectivity index (χ3v) is 3.51. The highest BCUT2D eigenvalue weighted by molar-refractivity contribution is 5.76. The molecular formula is C13H19N3O4. The molecule has 7 heteroatoms. The summed E-state index contributed by atoms with van der Waals surface area (Å²) in [6.07, 6.45) is -0.0661. The predicted octanol–water partition coefficient (Wildman–Crippen LogP) is -0.0142. The van der Waals surface area contributed by atoms with Gasteiger partial charge in [0.05, 0.1) is 25.3 Å². The van der Waals surface area contributed by atoms with E-state index in [0.717, 1.165) is 5.69 Å². The Balaban J connectivity index is 2.09. The van der Waals surface area contributed by atoms with Crippen molar-refractivity contribution in [2.75, 3.05) is 26.3 Å². The molecule has 1 amide bonds. The number of carbonyl (C=O) groups is 2. The van der Waals surface area contributed by atoms with Crippen LogP contribution in [0.3, 0.4) is 0 Å². The SMILES string of the molecule is Cc1nn(CC(=O)N2CCOCC2)c(C)c1CC(=O)O. The third-order valence-electron chi connectivity index (χ3n) is 3.51. The second-order valence-electron chi connectivity index (χ2n) is 4.87. The average molecular weight is 281 g/mol. The van der Waals surface area contributed by atoms with Crippen molar-refractivity contribution in [2.24, 2.45) is 0 Å². The van der Waals surface area contributed by atoms with Crippen molar-refractivity contribution in [1.29, 1.82) is 0 Å². The standard InChI is InChI=1S/C13H19N3O4/c1-9-11(7-13(18)19)10(2)16(14-9)8-12(17)15-3-5-20-6-4-15/h3-8H2,1-2H3,(H,18,19). The summed E-state index contributed by atoms with van der Waals surface area (Å²) in [5.74, 6) is -0.906. The van der Waals surface area contributed by atoms with E-state index in [4.69, 9.17) is 9.84 Å². The van der Waals surface area contributed by atoms with Gasteiger partial charge in [-0.15, -0.1) is 0 Å². The fraction of sp³-hybridized carbons (Fsp3) is 0.615. The molecule has 0 unspecified atom stereocenters. The number of aromatic nitrogens is 2. The van der Waals surface area contributed by atoms with Gasteiger partial charge in [-0.2, -0.15) is 5.10 Å². The zero-order chi connectivity index (χ0) is 14.7. The van der Waals surface area contributed by atoms with Gasteiger partial charge in [0.25, 0.3) is 0 Å². The minimum atomic E-state index is -0.893. The van der Waals surface area contributed by atoms with E-state index in [2.05, 4.69) is 5.10 Å². The fourth-order valence-electron chi connectivity index (χ4n) is 2.34. The number of aryl methyl sites for hydroxylation is 1. The lowest BCUT2D eigenvalue weighted by Crippen LogP contribution is -2.42. The van der Waals surface area contributed by atoms with Crippen molar-refractivity contribution in [2.45, 2.75) is 26.8 Å². The lowest BCUT2D eigenvalue weighted by Gasteiger charge is -2.26. The maximum Gasteiger partial charge on any atom is 0.307 e. The van der Waals surface area contributed by atoms with Crippen molar-refractivity contribution >= 4 is 11.9 Å². The van der Waals surface area contributed by atoms with Crippen LogP contribution in [0.1, 0.15) is 17.0 Å². The maximum atomic E-state index is 12.2. The van der Waals surface area contributed by atoms with Gasteiger partial charge in [0.1, 0.15) is 6.54 Å². The first-order chi connectivity index (χ1) is 9.49. The molecule has 0 atom stereocenters. The summed E-state index contributed by atoms with van der Waals surface area (Å²) in [4.78, 5) is 24.7. The molecule has 1 aromatic rings. The largest absolute Gasteiger partial charge is 0.481 e.